The fourth-order valence-corrected chi connectivity index (χ4v) is 3.36. The average Bonchev–Trinajstić information content (AvgIpc) is 2.96. The Labute approximate surface area is 127 Å². The smallest absolute Gasteiger partial charge is 0.250 e. The summed E-state index contributed by atoms with van der Waals surface area (Å²) in [4.78, 5) is 29.3. The summed E-state index contributed by atoms with van der Waals surface area (Å²) in [7, 11) is 0. The lowest BCUT2D eigenvalue weighted by molar-refractivity contribution is -0.118. The lowest BCUT2D eigenvalue weighted by Gasteiger charge is -2.25. The fourth-order valence-electron chi connectivity index (χ4n) is 3.36. The Bertz CT molecular complexity index is 814. The van der Waals surface area contributed by atoms with Crippen molar-refractivity contribution < 1.29 is 9.59 Å². The van der Waals surface area contributed by atoms with E-state index >= 15 is 0 Å². The molecule has 22 heavy (non-hydrogen) atoms. The topological polar surface area (TPSA) is 76.3 Å². The predicted octanol–water partition coefficient (Wildman–Crippen LogP) is 1.68. The third-order valence-electron chi connectivity index (χ3n) is 4.41. The van der Waals surface area contributed by atoms with Crippen LogP contribution in [-0.4, -0.2) is 23.3 Å². The quantitative estimate of drug-likeness (QED) is 0.915. The van der Waals surface area contributed by atoms with Gasteiger partial charge in [-0.25, -0.2) is 0 Å². The number of nitrogens with zero attached hydrogens (tertiary/aromatic N) is 2. The highest BCUT2D eigenvalue weighted by Crippen LogP contribution is 2.39. The van der Waals surface area contributed by atoms with Gasteiger partial charge in [-0.1, -0.05) is 0 Å². The van der Waals surface area contributed by atoms with E-state index in [0.717, 1.165) is 36.2 Å². The van der Waals surface area contributed by atoms with Crippen LogP contribution in [0, 0.1) is 0 Å². The van der Waals surface area contributed by atoms with Crippen LogP contribution in [0.25, 0.3) is 11.1 Å². The molecule has 2 N–H and O–H groups in total. The minimum atomic E-state index is -0.478. The van der Waals surface area contributed by atoms with Gasteiger partial charge in [0.2, 0.25) is 11.8 Å². The van der Waals surface area contributed by atoms with Gasteiger partial charge in [0.25, 0.3) is 0 Å². The van der Waals surface area contributed by atoms with E-state index in [-0.39, 0.29) is 5.91 Å². The molecule has 2 aromatic rings. The lowest BCUT2D eigenvalue weighted by Crippen LogP contribution is -2.32. The Kier molecular flexibility index (Phi) is 2.76. The number of rotatable bonds is 2. The molecule has 4 rings (SSSR count). The van der Waals surface area contributed by atoms with Gasteiger partial charge in [0, 0.05) is 30.9 Å². The van der Waals surface area contributed by atoms with E-state index in [9.17, 15) is 9.59 Å². The summed E-state index contributed by atoms with van der Waals surface area (Å²) in [5.74, 6) is -0.259. The van der Waals surface area contributed by atoms with E-state index in [0.29, 0.717) is 12.0 Å². The van der Waals surface area contributed by atoms with E-state index in [1.54, 1.807) is 12.3 Å². The minimum absolute atomic E-state index is 0.219. The number of carbonyl (C=O) groups is 2. The summed E-state index contributed by atoms with van der Waals surface area (Å²) in [6.07, 6.45) is 5.43. The molecule has 110 valence electrons. The maximum absolute atomic E-state index is 12.0. The number of amides is 2. The van der Waals surface area contributed by atoms with Gasteiger partial charge in [-0.3, -0.25) is 14.6 Å². The zero-order valence-corrected chi connectivity index (χ0v) is 12.0. The molecule has 0 saturated heterocycles. The molecule has 1 aromatic heterocycles. The predicted molar refractivity (Wildman–Crippen MR) is 82.6 cm³/mol. The molecule has 2 amide bonds. The molecule has 0 fully saturated rings. The van der Waals surface area contributed by atoms with Gasteiger partial charge in [0.1, 0.15) is 0 Å². The van der Waals surface area contributed by atoms with Crippen molar-refractivity contribution in [3.63, 3.8) is 0 Å². The molecule has 0 spiro atoms. The SMILES string of the molecule is NC(=O)c1cncc(-c2cc3c4c(c2)CCN4C(=O)CC3)c1. The van der Waals surface area contributed by atoms with Crippen LogP contribution in [0.4, 0.5) is 5.69 Å². The van der Waals surface area contributed by atoms with Gasteiger partial charge >= 0.3 is 0 Å². The number of hydrogen-bond acceptors (Lipinski definition) is 3. The lowest BCUT2D eigenvalue weighted by atomic mass is 9.94. The van der Waals surface area contributed by atoms with Crippen molar-refractivity contribution in [1.29, 1.82) is 0 Å². The third kappa shape index (κ3) is 1.89. The summed E-state index contributed by atoms with van der Waals surface area (Å²) in [6.45, 7) is 0.768. The zero-order valence-electron chi connectivity index (χ0n) is 12.0. The Morgan fingerprint density at radius 2 is 1.82 bits per heavy atom. The second-order valence-corrected chi connectivity index (χ2v) is 5.77. The Morgan fingerprint density at radius 3 is 2.59 bits per heavy atom. The molecule has 0 unspecified atom stereocenters. The number of aromatic nitrogens is 1. The highest BCUT2D eigenvalue weighted by Gasteiger charge is 2.31. The standard InChI is InChI=1S/C17H15N3O2/c18-17(22)14-7-13(8-19-9-14)12-5-10-1-2-15(21)20-4-3-11(6-12)16(10)20/h5-9H,1-4H2,(H2,18,22). The van der Waals surface area contributed by atoms with Crippen molar-refractivity contribution in [2.24, 2.45) is 5.73 Å². The summed E-state index contributed by atoms with van der Waals surface area (Å²) < 4.78 is 0. The molecule has 2 aliphatic rings. The number of benzene rings is 1. The van der Waals surface area contributed by atoms with Gasteiger partial charge in [0.15, 0.2) is 0 Å². The maximum atomic E-state index is 12.0. The number of primary amides is 1. The first kappa shape index (κ1) is 13.0. The normalized spacial score (nSPS) is 15.8. The van der Waals surface area contributed by atoms with E-state index in [1.807, 2.05) is 4.90 Å². The highest BCUT2D eigenvalue weighted by molar-refractivity contribution is 5.99. The molecule has 2 aliphatic heterocycles. The second-order valence-electron chi connectivity index (χ2n) is 5.77. The minimum Gasteiger partial charge on any atom is -0.366 e. The first-order valence-electron chi connectivity index (χ1n) is 7.35. The van der Waals surface area contributed by atoms with E-state index < -0.39 is 5.91 Å². The van der Waals surface area contributed by atoms with Gasteiger partial charge < -0.3 is 10.6 Å². The van der Waals surface area contributed by atoms with Gasteiger partial charge in [-0.05, 0) is 47.7 Å². The molecule has 0 bridgehead atoms. The van der Waals surface area contributed by atoms with Crippen molar-refractivity contribution in [3.8, 4) is 11.1 Å². The van der Waals surface area contributed by atoms with Crippen LogP contribution in [0.3, 0.4) is 0 Å². The number of pyridine rings is 1. The monoisotopic (exact) mass is 293 g/mol. The van der Waals surface area contributed by atoms with Crippen LogP contribution in [-0.2, 0) is 17.6 Å². The number of nitrogens with two attached hydrogens (primary N) is 1. The van der Waals surface area contributed by atoms with E-state index in [4.69, 9.17) is 5.73 Å². The Balaban J connectivity index is 1.84. The third-order valence-corrected chi connectivity index (χ3v) is 4.41. The fraction of sp³-hybridized carbons (Fsp3) is 0.235. The summed E-state index contributed by atoms with van der Waals surface area (Å²) in [5, 5.41) is 0. The molecule has 0 saturated carbocycles. The van der Waals surface area contributed by atoms with Crippen LogP contribution < -0.4 is 10.6 Å². The molecule has 3 heterocycles. The molecule has 0 atom stereocenters. The Hall–Kier alpha value is -2.69. The number of anilines is 1. The van der Waals surface area contributed by atoms with Crippen molar-refractivity contribution >= 4 is 17.5 Å². The number of hydrogen-bond donors (Lipinski definition) is 1. The first-order valence-corrected chi connectivity index (χ1v) is 7.35. The molecule has 0 aliphatic carbocycles. The first-order chi connectivity index (χ1) is 10.6. The van der Waals surface area contributed by atoms with Crippen LogP contribution >= 0.6 is 0 Å². The van der Waals surface area contributed by atoms with Crippen LogP contribution in [0.15, 0.2) is 30.6 Å². The van der Waals surface area contributed by atoms with E-state index in [2.05, 4.69) is 17.1 Å². The summed E-state index contributed by atoms with van der Waals surface area (Å²) in [5.41, 5.74) is 11.1. The molecular weight excluding hydrogens is 278 g/mol. The molecule has 0 radical (unpaired) electrons. The maximum Gasteiger partial charge on any atom is 0.250 e. The van der Waals surface area contributed by atoms with Crippen LogP contribution in [0.1, 0.15) is 27.9 Å². The number of carbonyl (C=O) groups excluding carboxylic acids is 2. The van der Waals surface area contributed by atoms with Crippen molar-refractivity contribution in [2.45, 2.75) is 19.3 Å². The molecule has 1 aromatic carbocycles. The van der Waals surface area contributed by atoms with Crippen molar-refractivity contribution in [1.82, 2.24) is 4.98 Å². The van der Waals surface area contributed by atoms with Gasteiger partial charge in [-0.15, -0.1) is 0 Å². The molecule has 5 nitrogen and oxygen atoms in total. The second kappa shape index (κ2) is 4.66. The van der Waals surface area contributed by atoms with Crippen molar-refractivity contribution in [3.05, 3.63) is 47.3 Å². The average molecular weight is 293 g/mol. The van der Waals surface area contributed by atoms with Crippen molar-refractivity contribution in [2.75, 3.05) is 11.4 Å². The molecule has 5 heteroatoms. The van der Waals surface area contributed by atoms with E-state index in [1.165, 1.54) is 17.3 Å². The summed E-state index contributed by atoms with van der Waals surface area (Å²) >= 11 is 0. The molecular formula is C17H15N3O2. The van der Waals surface area contributed by atoms with Gasteiger partial charge in [-0.2, -0.15) is 0 Å². The highest BCUT2D eigenvalue weighted by atomic mass is 16.2. The Morgan fingerprint density at radius 1 is 1.05 bits per heavy atom. The number of aryl methyl sites for hydroxylation is 1. The zero-order chi connectivity index (χ0) is 15.3. The summed E-state index contributed by atoms with van der Waals surface area (Å²) in [6, 6.07) is 5.97. The van der Waals surface area contributed by atoms with Crippen LogP contribution in [0.2, 0.25) is 0 Å². The largest absolute Gasteiger partial charge is 0.366 e. The van der Waals surface area contributed by atoms with Gasteiger partial charge in [0.05, 0.1) is 11.3 Å². The van der Waals surface area contributed by atoms with Crippen LogP contribution in [0.5, 0.6) is 0 Å².